The van der Waals surface area contributed by atoms with Gasteiger partial charge in [-0.15, -0.1) is 0 Å². The van der Waals surface area contributed by atoms with Gasteiger partial charge < -0.3 is 15.1 Å². The number of rotatable bonds is 4. The Labute approximate surface area is 168 Å². The zero-order chi connectivity index (χ0) is 20.3. The van der Waals surface area contributed by atoms with E-state index in [1.165, 1.54) is 11.3 Å². The largest absolute Gasteiger partial charge is 0.373 e. The van der Waals surface area contributed by atoms with E-state index in [-0.39, 0.29) is 5.91 Å². The number of nitrogens with zero attached hydrogens (tertiary/aromatic N) is 3. The van der Waals surface area contributed by atoms with E-state index in [9.17, 15) is 10.1 Å². The van der Waals surface area contributed by atoms with Crippen molar-refractivity contribution in [1.82, 2.24) is 15.1 Å². The number of hydrogen-bond donors (Lipinski definition) is 1. The van der Waals surface area contributed by atoms with E-state index in [2.05, 4.69) is 41.4 Å². The highest BCUT2D eigenvalue weighted by atomic mass is 16.2. The van der Waals surface area contributed by atoms with Gasteiger partial charge in [-0.05, 0) is 50.0 Å². The molecule has 0 saturated carbocycles. The number of allylic oxidation sites excluding steroid dienone is 3. The Balaban J connectivity index is 1.85. The molecule has 1 saturated heterocycles. The molecule has 5 heteroatoms. The van der Waals surface area contributed by atoms with Crippen LogP contribution in [0.5, 0.6) is 0 Å². The minimum atomic E-state index is -0.512. The average molecular weight is 379 g/mol. The van der Waals surface area contributed by atoms with Crippen LogP contribution in [0.1, 0.15) is 31.9 Å². The number of likely N-dealkylation sites (N-methyl/N-ethyl adjacent to an activating group) is 1. The quantitative estimate of drug-likeness (QED) is 0.875. The predicted octanol–water partition coefficient (Wildman–Crippen LogP) is 2.61. The molecular formula is C23H30N4O. The number of nitrogens with one attached hydrogen (secondary N) is 1. The molecule has 1 aromatic rings. The van der Waals surface area contributed by atoms with Gasteiger partial charge >= 0.3 is 0 Å². The van der Waals surface area contributed by atoms with Crippen molar-refractivity contribution in [3.63, 3.8) is 0 Å². The molecule has 1 amide bonds. The number of piperazine rings is 1. The fourth-order valence-electron chi connectivity index (χ4n) is 3.71. The van der Waals surface area contributed by atoms with Gasteiger partial charge in [0.15, 0.2) is 0 Å². The van der Waals surface area contributed by atoms with Gasteiger partial charge in [-0.1, -0.05) is 24.3 Å². The summed E-state index contributed by atoms with van der Waals surface area (Å²) >= 11 is 0. The fraction of sp³-hybridized carbons (Fsp3) is 0.478. The van der Waals surface area contributed by atoms with E-state index >= 15 is 0 Å². The van der Waals surface area contributed by atoms with Crippen LogP contribution in [0.2, 0.25) is 0 Å². The standard InChI is InChI=1S/C23H30N4O/c1-17-19(12-18-6-5-7-21(13-18)23(2,3)16-24)14-20(15-26(17)4)22(28)27-10-8-25-9-11-27/h5-7,13-14,25H,8-12,15H2,1-4H3. The Kier molecular flexibility index (Phi) is 5.90. The Morgan fingerprint density at radius 2 is 2.00 bits per heavy atom. The van der Waals surface area contributed by atoms with Gasteiger partial charge in [-0.25, -0.2) is 0 Å². The molecule has 2 aliphatic rings. The molecule has 0 aromatic heterocycles. The molecule has 0 radical (unpaired) electrons. The van der Waals surface area contributed by atoms with E-state index < -0.39 is 5.41 Å². The third-order valence-electron chi connectivity index (χ3n) is 5.79. The zero-order valence-electron chi connectivity index (χ0n) is 17.4. The van der Waals surface area contributed by atoms with Crippen molar-refractivity contribution >= 4 is 5.91 Å². The summed E-state index contributed by atoms with van der Waals surface area (Å²) in [6, 6.07) is 10.6. The van der Waals surface area contributed by atoms with Crippen LogP contribution in [0, 0.1) is 11.3 Å². The van der Waals surface area contributed by atoms with Gasteiger partial charge in [-0.2, -0.15) is 5.26 Å². The summed E-state index contributed by atoms with van der Waals surface area (Å²) in [5, 5.41) is 12.7. The van der Waals surface area contributed by atoms with Gasteiger partial charge in [0.25, 0.3) is 5.91 Å². The van der Waals surface area contributed by atoms with E-state index in [0.29, 0.717) is 6.54 Å². The Hall–Kier alpha value is -2.58. The first kappa shape index (κ1) is 20.2. The number of carbonyl (C=O) groups is 1. The van der Waals surface area contributed by atoms with Gasteiger partial charge in [0.2, 0.25) is 0 Å². The Morgan fingerprint density at radius 3 is 2.68 bits per heavy atom. The van der Waals surface area contributed by atoms with Crippen LogP contribution in [-0.2, 0) is 16.6 Å². The Bertz CT molecular complexity index is 854. The van der Waals surface area contributed by atoms with Crippen molar-refractivity contribution in [2.75, 3.05) is 39.8 Å². The highest BCUT2D eigenvalue weighted by Crippen LogP contribution is 2.27. The number of carbonyl (C=O) groups excluding carboxylic acids is 1. The molecule has 0 atom stereocenters. The second-order valence-corrected chi connectivity index (χ2v) is 8.29. The SMILES string of the molecule is CC1=C(Cc2cccc(C(C)(C)C#N)c2)C=C(C(=O)N2CCNCC2)CN1C. The van der Waals surface area contributed by atoms with Crippen molar-refractivity contribution in [3.05, 3.63) is 58.3 Å². The number of benzene rings is 1. The van der Waals surface area contributed by atoms with Crippen LogP contribution in [-0.4, -0.2) is 55.5 Å². The number of hydrogen-bond acceptors (Lipinski definition) is 4. The first-order valence-corrected chi connectivity index (χ1v) is 9.94. The lowest BCUT2D eigenvalue weighted by Crippen LogP contribution is -2.48. The van der Waals surface area contributed by atoms with E-state index in [1.54, 1.807) is 0 Å². The third kappa shape index (κ3) is 4.28. The van der Waals surface area contributed by atoms with Crippen LogP contribution in [0.25, 0.3) is 0 Å². The molecule has 2 aliphatic heterocycles. The molecule has 0 unspecified atom stereocenters. The maximum Gasteiger partial charge on any atom is 0.251 e. The molecule has 0 aliphatic carbocycles. The topological polar surface area (TPSA) is 59.4 Å². The first-order valence-electron chi connectivity index (χ1n) is 9.94. The van der Waals surface area contributed by atoms with E-state index in [1.807, 2.05) is 37.9 Å². The third-order valence-corrected chi connectivity index (χ3v) is 5.79. The second-order valence-electron chi connectivity index (χ2n) is 8.29. The summed E-state index contributed by atoms with van der Waals surface area (Å²) in [7, 11) is 2.04. The average Bonchev–Trinajstić information content (AvgIpc) is 2.71. The smallest absolute Gasteiger partial charge is 0.251 e. The van der Waals surface area contributed by atoms with Crippen molar-refractivity contribution in [3.8, 4) is 6.07 Å². The molecular weight excluding hydrogens is 348 g/mol. The summed E-state index contributed by atoms with van der Waals surface area (Å²) in [6.45, 7) is 9.90. The first-order chi connectivity index (χ1) is 13.3. The summed E-state index contributed by atoms with van der Waals surface area (Å²) in [5.74, 6) is 0.151. The normalized spacial score (nSPS) is 18.0. The van der Waals surface area contributed by atoms with E-state index in [0.717, 1.165) is 49.3 Å². The van der Waals surface area contributed by atoms with Crippen molar-refractivity contribution < 1.29 is 4.79 Å². The lowest BCUT2D eigenvalue weighted by Gasteiger charge is -2.33. The number of nitriles is 1. The molecule has 1 aromatic carbocycles. The zero-order valence-corrected chi connectivity index (χ0v) is 17.4. The summed E-state index contributed by atoms with van der Waals surface area (Å²) in [6.07, 6.45) is 2.84. The van der Waals surface area contributed by atoms with Gasteiger partial charge in [0, 0.05) is 51.0 Å². The van der Waals surface area contributed by atoms with Gasteiger partial charge in [0.1, 0.15) is 0 Å². The van der Waals surface area contributed by atoms with Crippen molar-refractivity contribution in [2.24, 2.45) is 0 Å². The lowest BCUT2D eigenvalue weighted by molar-refractivity contribution is -0.127. The fourth-order valence-corrected chi connectivity index (χ4v) is 3.71. The van der Waals surface area contributed by atoms with Crippen molar-refractivity contribution in [1.29, 1.82) is 5.26 Å². The molecule has 0 bridgehead atoms. The lowest BCUT2D eigenvalue weighted by atomic mass is 9.84. The van der Waals surface area contributed by atoms with Crippen LogP contribution in [0.4, 0.5) is 0 Å². The maximum absolute atomic E-state index is 13.0. The number of amides is 1. The molecule has 3 rings (SSSR count). The Morgan fingerprint density at radius 1 is 1.29 bits per heavy atom. The molecule has 1 fully saturated rings. The molecule has 1 N–H and O–H groups in total. The van der Waals surface area contributed by atoms with E-state index in [4.69, 9.17) is 0 Å². The summed E-state index contributed by atoms with van der Waals surface area (Å²) in [4.78, 5) is 17.1. The minimum absolute atomic E-state index is 0.151. The maximum atomic E-state index is 13.0. The van der Waals surface area contributed by atoms with Gasteiger partial charge in [0.05, 0.1) is 11.5 Å². The summed E-state index contributed by atoms with van der Waals surface area (Å²) in [5.41, 5.74) is 4.90. The monoisotopic (exact) mass is 378 g/mol. The van der Waals surface area contributed by atoms with Crippen LogP contribution >= 0.6 is 0 Å². The predicted molar refractivity (Wildman–Crippen MR) is 112 cm³/mol. The van der Waals surface area contributed by atoms with Crippen LogP contribution < -0.4 is 5.32 Å². The van der Waals surface area contributed by atoms with Crippen LogP contribution in [0.15, 0.2) is 47.2 Å². The summed E-state index contributed by atoms with van der Waals surface area (Å²) < 4.78 is 0. The van der Waals surface area contributed by atoms with Crippen molar-refractivity contribution in [2.45, 2.75) is 32.6 Å². The molecule has 148 valence electrons. The second kappa shape index (κ2) is 8.20. The molecule has 5 nitrogen and oxygen atoms in total. The van der Waals surface area contributed by atoms with Crippen LogP contribution in [0.3, 0.4) is 0 Å². The molecule has 28 heavy (non-hydrogen) atoms. The van der Waals surface area contributed by atoms with Gasteiger partial charge in [-0.3, -0.25) is 4.79 Å². The highest BCUT2D eigenvalue weighted by molar-refractivity contribution is 5.95. The highest BCUT2D eigenvalue weighted by Gasteiger charge is 2.25. The minimum Gasteiger partial charge on any atom is -0.373 e. The molecule has 0 spiro atoms. The molecule has 2 heterocycles.